The van der Waals surface area contributed by atoms with Gasteiger partial charge in [0, 0.05) is 12.1 Å². The van der Waals surface area contributed by atoms with Crippen LogP contribution >= 0.6 is 0 Å². The Morgan fingerprint density at radius 3 is 2.72 bits per heavy atom. The van der Waals surface area contributed by atoms with E-state index in [0.29, 0.717) is 12.1 Å². The molecule has 0 bridgehead atoms. The van der Waals surface area contributed by atoms with E-state index in [0.717, 1.165) is 18.8 Å². The Morgan fingerprint density at radius 1 is 1.22 bits per heavy atom. The molecule has 0 aliphatic carbocycles. The fourth-order valence-electron chi connectivity index (χ4n) is 2.53. The second kappa shape index (κ2) is 6.76. The zero-order valence-electron chi connectivity index (χ0n) is 11.4. The van der Waals surface area contributed by atoms with Crippen LogP contribution in [0.15, 0.2) is 24.3 Å². The maximum atomic E-state index is 5.19. The maximum absolute atomic E-state index is 5.19. The first kappa shape index (κ1) is 13.4. The first-order chi connectivity index (χ1) is 8.79. The van der Waals surface area contributed by atoms with Crippen molar-refractivity contribution in [3.05, 3.63) is 29.8 Å². The van der Waals surface area contributed by atoms with Crippen molar-refractivity contribution in [2.75, 3.05) is 20.2 Å². The first-order valence-electron chi connectivity index (χ1n) is 6.90. The minimum Gasteiger partial charge on any atom is -0.497 e. The van der Waals surface area contributed by atoms with Gasteiger partial charge in [-0.1, -0.05) is 12.1 Å². The highest BCUT2D eigenvalue weighted by atomic mass is 16.5. The number of hydrogen-bond donors (Lipinski definition) is 2. The van der Waals surface area contributed by atoms with Gasteiger partial charge in [0.15, 0.2) is 0 Å². The number of nitrogens with one attached hydrogen (secondary N) is 2. The topological polar surface area (TPSA) is 33.3 Å². The summed E-state index contributed by atoms with van der Waals surface area (Å²) in [7, 11) is 1.70. The number of methoxy groups -OCH3 is 1. The van der Waals surface area contributed by atoms with Gasteiger partial charge in [-0.25, -0.2) is 0 Å². The summed E-state index contributed by atoms with van der Waals surface area (Å²) in [4.78, 5) is 0. The van der Waals surface area contributed by atoms with Crippen LogP contribution in [-0.4, -0.2) is 26.2 Å². The fraction of sp³-hybridized carbons (Fsp3) is 0.600. The molecule has 2 rings (SSSR count). The third-order valence-electron chi connectivity index (χ3n) is 3.68. The van der Waals surface area contributed by atoms with Gasteiger partial charge in [-0.15, -0.1) is 0 Å². The van der Waals surface area contributed by atoms with Crippen molar-refractivity contribution in [1.82, 2.24) is 10.6 Å². The molecule has 0 saturated carbocycles. The lowest BCUT2D eigenvalue weighted by molar-refractivity contribution is 0.411. The van der Waals surface area contributed by atoms with Crippen LogP contribution in [0.4, 0.5) is 0 Å². The van der Waals surface area contributed by atoms with E-state index in [1.54, 1.807) is 7.11 Å². The zero-order valence-corrected chi connectivity index (χ0v) is 11.4. The van der Waals surface area contributed by atoms with Crippen LogP contribution in [0, 0.1) is 0 Å². The van der Waals surface area contributed by atoms with Crippen LogP contribution < -0.4 is 15.4 Å². The van der Waals surface area contributed by atoms with Crippen LogP contribution in [0.2, 0.25) is 0 Å². The molecule has 1 fully saturated rings. The average Bonchev–Trinajstić information content (AvgIpc) is 2.67. The molecule has 0 aromatic heterocycles. The molecule has 1 heterocycles. The molecule has 1 unspecified atom stereocenters. The van der Waals surface area contributed by atoms with E-state index in [2.05, 4.69) is 29.7 Å². The van der Waals surface area contributed by atoms with Gasteiger partial charge in [0.2, 0.25) is 0 Å². The minimum atomic E-state index is 0.402. The summed E-state index contributed by atoms with van der Waals surface area (Å²) in [6.45, 7) is 4.53. The van der Waals surface area contributed by atoms with Gasteiger partial charge in [-0.05, 0) is 57.0 Å². The smallest absolute Gasteiger partial charge is 0.118 e. The van der Waals surface area contributed by atoms with Gasteiger partial charge in [0.1, 0.15) is 5.75 Å². The first-order valence-corrected chi connectivity index (χ1v) is 6.90. The molecule has 2 atom stereocenters. The van der Waals surface area contributed by atoms with Crippen molar-refractivity contribution in [3.8, 4) is 5.75 Å². The number of rotatable bonds is 4. The normalized spacial score (nSPS) is 22.2. The minimum absolute atomic E-state index is 0.402. The molecule has 0 radical (unpaired) electrons. The quantitative estimate of drug-likeness (QED) is 0.859. The van der Waals surface area contributed by atoms with Crippen LogP contribution in [0.3, 0.4) is 0 Å². The van der Waals surface area contributed by atoms with Gasteiger partial charge < -0.3 is 15.4 Å². The van der Waals surface area contributed by atoms with Crippen LogP contribution in [-0.2, 0) is 0 Å². The Hall–Kier alpha value is -1.06. The summed E-state index contributed by atoms with van der Waals surface area (Å²) in [5.74, 6) is 0.921. The number of benzene rings is 1. The molecule has 3 heteroatoms. The summed E-state index contributed by atoms with van der Waals surface area (Å²) >= 11 is 0. The summed E-state index contributed by atoms with van der Waals surface area (Å²) < 4.78 is 5.19. The number of ether oxygens (including phenoxy) is 1. The van der Waals surface area contributed by atoms with E-state index >= 15 is 0 Å². The van der Waals surface area contributed by atoms with Gasteiger partial charge in [-0.3, -0.25) is 0 Å². The molecule has 18 heavy (non-hydrogen) atoms. The van der Waals surface area contributed by atoms with Crippen LogP contribution in [0.25, 0.3) is 0 Å². The third kappa shape index (κ3) is 3.72. The molecule has 100 valence electrons. The Bertz CT molecular complexity index is 342. The van der Waals surface area contributed by atoms with Gasteiger partial charge in [-0.2, -0.15) is 0 Å². The standard InChI is InChI=1S/C15H24N2O/c1-12(13-5-7-15(18-2)8-6-13)17-14-4-3-10-16-11-9-14/h5-8,12,14,16-17H,3-4,9-11H2,1-2H3/t12-,14?/m0/s1. The van der Waals surface area contributed by atoms with Gasteiger partial charge in [0.25, 0.3) is 0 Å². The average molecular weight is 248 g/mol. The highest BCUT2D eigenvalue weighted by molar-refractivity contribution is 5.28. The zero-order chi connectivity index (χ0) is 12.8. The van der Waals surface area contributed by atoms with E-state index in [9.17, 15) is 0 Å². The van der Waals surface area contributed by atoms with Crippen LogP contribution in [0.5, 0.6) is 5.75 Å². The summed E-state index contributed by atoms with van der Waals surface area (Å²) in [5.41, 5.74) is 1.33. The molecular formula is C15H24N2O. The van der Waals surface area contributed by atoms with Crippen molar-refractivity contribution in [2.45, 2.75) is 38.3 Å². The molecule has 1 aromatic carbocycles. The lowest BCUT2D eigenvalue weighted by Gasteiger charge is -2.22. The van der Waals surface area contributed by atoms with Gasteiger partial charge >= 0.3 is 0 Å². The third-order valence-corrected chi connectivity index (χ3v) is 3.68. The maximum Gasteiger partial charge on any atom is 0.118 e. The van der Waals surface area contributed by atoms with Crippen molar-refractivity contribution in [3.63, 3.8) is 0 Å². The molecule has 1 saturated heterocycles. The van der Waals surface area contributed by atoms with E-state index in [1.165, 1.54) is 24.8 Å². The summed E-state index contributed by atoms with van der Waals surface area (Å²) in [6, 6.07) is 9.39. The molecule has 0 spiro atoms. The molecule has 1 aromatic rings. The second-order valence-corrected chi connectivity index (χ2v) is 5.04. The predicted octanol–water partition coefficient (Wildman–Crippen LogP) is 2.49. The van der Waals surface area contributed by atoms with E-state index < -0.39 is 0 Å². The lowest BCUT2D eigenvalue weighted by atomic mass is 10.0. The SMILES string of the molecule is COc1ccc([C@H](C)NC2CCCNCC2)cc1. The Morgan fingerprint density at radius 2 is 2.00 bits per heavy atom. The molecule has 2 N–H and O–H groups in total. The Balaban J connectivity index is 1.90. The fourth-order valence-corrected chi connectivity index (χ4v) is 2.53. The highest BCUT2D eigenvalue weighted by Crippen LogP contribution is 2.19. The van der Waals surface area contributed by atoms with Crippen molar-refractivity contribution < 1.29 is 4.74 Å². The van der Waals surface area contributed by atoms with Crippen molar-refractivity contribution >= 4 is 0 Å². The molecule has 3 nitrogen and oxygen atoms in total. The summed E-state index contributed by atoms with van der Waals surface area (Å²) in [6.07, 6.45) is 3.76. The van der Waals surface area contributed by atoms with E-state index in [1.807, 2.05) is 12.1 Å². The van der Waals surface area contributed by atoms with E-state index in [-0.39, 0.29) is 0 Å². The Labute approximate surface area is 110 Å². The summed E-state index contributed by atoms with van der Waals surface area (Å²) in [5, 5.41) is 7.18. The largest absolute Gasteiger partial charge is 0.497 e. The number of hydrogen-bond acceptors (Lipinski definition) is 3. The molecule has 1 aliphatic rings. The van der Waals surface area contributed by atoms with Crippen LogP contribution in [0.1, 0.15) is 37.8 Å². The molecule has 0 amide bonds. The Kier molecular flexibility index (Phi) is 5.02. The van der Waals surface area contributed by atoms with Crippen molar-refractivity contribution in [1.29, 1.82) is 0 Å². The second-order valence-electron chi connectivity index (χ2n) is 5.04. The van der Waals surface area contributed by atoms with Crippen molar-refractivity contribution in [2.24, 2.45) is 0 Å². The monoisotopic (exact) mass is 248 g/mol. The lowest BCUT2D eigenvalue weighted by Crippen LogP contribution is -2.32. The molecule has 1 aliphatic heterocycles. The van der Waals surface area contributed by atoms with Gasteiger partial charge in [0.05, 0.1) is 7.11 Å². The van der Waals surface area contributed by atoms with E-state index in [4.69, 9.17) is 4.74 Å². The predicted molar refractivity (Wildman–Crippen MR) is 75.1 cm³/mol. The molecular weight excluding hydrogens is 224 g/mol. The highest BCUT2D eigenvalue weighted by Gasteiger charge is 2.15.